The Morgan fingerprint density at radius 1 is 1.07 bits per heavy atom. The molecule has 0 aromatic rings. The van der Waals surface area contributed by atoms with Crippen LogP contribution in [-0.4, -0.2) is 84.2 Å². The highest BCUT2D eigenvalue weighted by molar-refractivity contribution is 5.76. The lowest BCUT2D eigenvalue weighted by molar-refractivity contribution is -0.201. The van der Waals surface area contributed by atoms with Crippen LogP contribution in [0.3, 0.4) is 0 Å². The Hall–Kier alpha value is -0.730. The normalized spacial score (nSPS) is 40.6. The van der Waals surface area contributed by atoms with Crippen molar-refractivity contribution in [2.24, 2.45) is 23.5 Å². The number of carbonyl (C=O) groups is 1. The maximum Gasteiger partial charge on any atom is 0.220 e. The van der Waals surface area contributed by atoms with Gasteiger partial charge in [0.15, 0.2) is 6.29 Å². The van der Waals surface area contributed by atoms with E-state index in [1.165, 1.54) is 25.7 Å². The number of hydrogen-bond acceptors (Lipinski definition) is 6. The van der Waals surface area contributed by atoms with Crippen molar-refractivity contribution < 1.29 is 19.4 Å². The highest BCUT2D eigenvalue weighted by atomic mass is 16.7. The predicted octanol–water partition coefficient (Wildman–Crippen LogP) is 0.159. The summed E-state index contributed by atoms with van der Waals surface area (Å²) >= 11 is 0. The predicted molar refractivity (Wildman–Crippen MR) is 98.7 cm³/mol. The second-order valence-electron chi connectivity index (χ2n) is 9.40. The molecular weight excluding hydrogens is 346 g/mol. The highest BCUT2D eigenvalue weighted by Gasteiger charge is 2.54. The molecule has 0 radical (unpaired) electrons. The van der Waals surface area contributed by atoms with Gasteiger partial charge in [-0.3, -0.25) is 14.6 Å². The summed E-state index contributed by atoms with van der Waals surface area (Å²) < 4.78 is 12.2. The fourth-order valence-electron chi connectivity index (χ4n) is 5.29. The van der Waals surface area contributed by atoms with Gasteiger partial charge in [-0.15, -0.1) is 0 Å². The molecule has 0 aromatic carbocycles. The van der Waals surface area contributed by atoms with Gasteiger partial charge < -0.3 is 20.3 Å². The van der Waals surface area contributed by atoms with Crippen LogP contribution in [0.15, 0.2) is 0 Å². The number of nitrogens with two attached hydrogens (primary N) is 1. The van der Waals surface area contributed by atoms with Gasteiger partial charge in [0.25, 0.3) is 0 Å². The van der Waals surface area contributed by atoms with Crippen LogP contribution in [0.2, 0.25) is 0 Å². The third-order valence-electron chi connectivity index (χ3n) is 7.25. The van der Waals surface area contributed by atoms with Gasteiger partial charge in [-0.2, -0.15) is 0 Å². The van der Waals surface area contributed by atoms with E-state index in [2.05, 4.69) is 9.80 Å². The second kappa shape index (κ2) is 7.26. The fourth-order valence-corrected chi connectivity index (χ4v) is 5.29. The number of rotatable bonds is 7. The van der Waals surface area contributed by atoms with Crippen LogP contribution in [0.5, 0.6) is 0 Å². The molecule has 2 aliphatic carbocycles. The van der Waals surface area contributed by atoms with Crippen LogP contribution in [0.4, 0.5) is 0 Å². The molecule has 3 N–H and O–H groups in total. The molecule has 5 aliphatic rings. The van der Waals surface area contributed by atoms with Crippen LogP contribution >= 0.6 is 0 Å². The van der Waals surface area contributed by atoms with Gasteiger partial charge in [0, 0.05) is 19.0 Å². The molecule has 7 nitrogen and oxygen atoms in total. The first-order valence-electron chi connectivity index (χ1n) is 10.8. The molecule has 5 atom stereocenters. The number of piperidine rings is 1. The van der Waals surface area contributed by atoms with Gasteiger partial charge in [-0.1, -0.05) is 0 Å². The quantitative estimate of drug-likeness (QED) is 0.655. The first-order valence-corrected chi connectivity index (χ1v) is 10.8. The molecule has 2 saturated carbocycles. The van der Waals surface area contributed by atoms with E-state index in [4.69, 9.17) is 15.2 Å². The topological polar surface area (TPSA) is 88.3 Å². The Morgan fingerprint density at radius 3 is 2.26 bits per heavy atom. The van der Waals surface area contributed by atoms with Crippen molar-refractivity contribution in [3.63, 3.8) is 0 Å². The molecule has 0 spiro atoms. The number of aliphatic hydroxyl groups is 1. The first kappa shape index (κ1) is 18.3. The molecule has 2 bridgehead atoms. The Morgan fingerprint density at radius 2 is 1.70 bits per heavy atom. The summed E-state index contributed by atoms with van der Waals surface area (Å²) in [5.74, 6) is 1.34. The number of amides is 1. The van der Waals surface area contributed by atoms with Gasteiger partial charge >= 0.3 is 0 Å². The minimum atomic E-state index is -0.473. The van der Waals surface area contributed by atoms with E-state index < -0.39 is 6.10 Å². The third-order valence-corrected chi connectivity index (χ3v) is 7.25. The Bertz CT molecular complexity index is 545. The van der Waals surface area contributed by atoms with Gasteiger partial charge in [0.05, 0.1) is 24.8 Å². The van der Waals surface area contributed by atoms with Crippen molar-refractivity contribution in [2.45, 2.75) is 69.1 Å². The van der Waals surface area contributed by atoms with E-state index >= 15 is 0 Å². The molecule has 27 heavy (non-hydrogen) atoms. The molecule has 5 fully saturated rings. The lowest BCUT2D eigenvalue weighted by Gasteiger charge is -2.48. The Kier molecular flexibility index (Phi) is 4.92. The smallest absolute Gasteiger partial charge is 0.220 e. The molecule has 7 heteroatoms. The zero-order chi connectivity index (χ0) is 18.5. The molecule has 1 amide bonds. The molecule has 0 aromatic heterocycles. The van der Waals surface area contributed by atoms with Crippen LogP contribution in [-0.2, 0) is 14.3 Å². The summed E-state index contributed by atoms with van der Waals surface area (Å²) in [5, 5.41) is 11.4. The number of aliphatic hydroxyl groups excluding tert-OH is 1. The average molecular weight is 380 g/mol. The Balaban J connectivity index is 1.31. The Labute approximate surface area is 161 Å². The van der Waals surface area contributed by atoms with Crippen molar-refractivity contribution in [3.8, 4) is 0 Å². The first-order chi connectivity index (χ1) is 13.1. The number of ether oxygens (including phenoxy) is 2. The van der Waals surface area contributed by atoms with Crippen molar-refractivity contribution in [1.82, 2.24) is 9.80 Å². The average Bonchev–Trinajstić information content (AvgIpc) is 3.57. The number of likely N-dealkylation sites (tertiary alicyclic amines) is 1. The zero-order valence-corrected chi connectivity index (χ0v) is 16.0. The van der Waals surface area contributed by atoms with Gasteiger partial charge in [0.2, 0.25) is 5.91 Å². The standard InChI is InChI=1S/C20H33N3O4/c21-19(25)14-5-7-22(8-6-14)17-18(24)16(15-11-26-20(17)27-15)23(9-12-1-2-12)10-13-3-4-13/h12-18,20,24H,1-11H2,(H2,21,25). The second-order valence-corrected chi connectivity index (χ2v) is 9.40. The summed E-state index contributed by atoms with van der Waals surface area (Å²) in [6, 6.07) is -0.132. The van der Waals surface area contributed by atoms with Crippen LogP contribution < -0.4 is 5.73 Å². The number of primary amides is 1. The number of nitrogens with zero attached hydrogens (tertiary/aromatic N) is 2. The lowest BCUT2D eigenvalue weighted by atomic mass is 9.89. The van der Waals surface area contributed by atoms with Crippen molar-refractivity contribution in [2.75, 3.05) is 32.8 Å². The zero-order valence-electron chi connectivity index (χ0n) is 16.0. The molecule has 3 aliphatic heterocycles. The van der Waals surface area contributed by atoms with Crippen LogP contribution in [0, 0.1) is 17.8 Å². The number of carbonyl (C=O) groups excluding carboxylic acids is 1. The molecule has 3 heterocycles. The lowest BCUT2D eigenvalue weighted by Crippen LogP contribution is -2.66. The maximum atomic E-state index is 11.5. The third kappa shape index (κ3) is 3.77. The largest absolute Gasteiger partial charge is 0.390 e. The molecule has 5 rings (SSSR count). The minimum absolute atomic E-state index is 0.0174. The van der Waals surface area contributed by atoms with E-state index in [0.29, 0.717) is 6.61 Å². The summed E-state index contributed by atoms with van der Waals surface area (Å²) in [7, 11) is 0. The van der Waals surface area contributed by atoms with E-state index in [9.17, 15) is 9.90 Å². The number of hydrogen-bond donors (Lipinski definition) is 2. The molecular formula is C20H33N3O4. The monoisotopic (exact) mass is 379 g/mol. The van der Waals surface area contributed by atoms with Crippen molar-refractivity contribution >= 4 is 5.91 Å². The van der Waals surface area contributed by atoms with Gasteiger partial charge in [-0.05, 0) is 63.5 Å². The summed E-state index contributed by atoms with van der Waals surface area (Å²) in [6.45, 7) is 4.27. The maximum absolute atomic E-state index is 11.5. The van der Waals surface area contributed by atoms with Crippen molar-refractivity contribution in [3.05, 3.63) is 0 Å². The summed E-state index contributed by atoms with van der Waals surface area (Å²) in [4.78, 5) is 16.3. The fraction of sp³-hybridized carbons (Fsp3) is 0.950. The van der Waals surface area contributed by atoms with Crippen LogP contribution in [0.1, 0.15) is 38.5 Å². The SMILES string of the molecule is NC(=O)C1CCN(C2C3OCC(O3)C(N(CC3CC3)CC3CC3)C2O)CC1. The van der Waals surface area contributed by atoms with E-state index in [-0.39, 0.29) is 36.3 Å². The van der Waals surface area contributed by atoms with E-state index in [1.54, 1.807) is 0 Å². The van der Waals surface area contributed by atoms with Crippen LogP contribution in [0.25, 0.3) is 0 Å². The molecule has 152 valence electrons. The van der Waals surface area contributed by atoms with E-state index in [1.807, 2.05) is 0 Å². The van der Waals surface area contributed by atoms with Gasteiger partial charge in [0.1, 0.15) is 6.10 Å². The van der Waals surface area contributed by atoms with E-state index in [0.717, 1.165) is 50.9 Å². The molecule has 3 saturated heterocycles. The summed E-state index contributed by atoms with van der Waals surface area (Å²) in [6.07, 6.45) is 5.94. The molecule has 5 unspecified atom stereocenters. The highest BCUT2D eigenvalue weighted by Crippen LogP contribution is 2.40. The number of fused-ring (bicyclic) bond motifs is 2. The summed E-state index contributed by atoms with van der Waals surface area (Å²) in [5.41, 5.74) is 5.48. The minimum Gasteiger partial charge on any atom is -0.390 e. The van der Waals surface area contributed by atoms with Gasteiger partial charge in [-0.25, -0.2) is 0 Å². The van der Waals surface area contributed by atoms with Crippen molar-refractivity contribution in [1.29, 1.82) is 0 Å².